The van der Waals surface area contributed by atoms with Crippen LogP contribution in [0.25, 0.3) is 32.7 Å². The molecule has 44 heavy (non-hydrogen) atoms. The molecule has 228 valence electrons. The summed E-state index contributed by atoms with van der Waals surface area (Å²) in [6.07, 6.45) is 8.54. The highest BCUT2D eigenvalue weighted by Gasteiger charge is 2.36. The monoisotopic (exact) mass is 584 g/mol. The molecule has 0 aliphatic heterocycles. The summed E-state index contributed by atoms with van der Waals surface area (Å²) in [7, 11) is 0. The highest BCUT2D eigenvalue weighted by molar-refractivity contribution is 6.17. The van der Waals surface area contributed by atoms with Crippen molar-refractivity contribution in [2.75, 3.05) is 0 Å². The summed E-state index contributed by atoms with van der Waals surface area (Å²) in [6.45, 7) is 25.5. The topological polar surface area (TPSA) is 34.1 Å². The van der Waals surface area contributed by atoms with Gasteiger partial charge in [-0.2, -0.15) is 0 Å². The summed E-state index contributed by atoms with van der Waals surface area (Å²) in [5.74, 6) is 0.252. The lowest BCUT2D eigenvalue weighted by atomic mass is 9.71. The molecule has 2 aliphatic rings. The highest BCUT2D eigenvalue weighted by atomic mass is 16.1. The summed E-state index contributed by atoms with van der Waals surface area (Å²) < 4.78 is 0. The van der Waals surface area contributed by atoms with Gasteiger partial charge in [0.25, 0.3) is 0 Å². The quantitative estimate of drug-likeness (QED) is 0.247. The van der Waals surface area contributed by atoms with Crippen LogP contribution in [0.4, 0.5) is 0 Å². The fourth-order valence-electron chi connectivity index (χ4n) is 6.52. The van der Waals surface area contributed by atoms with Crippen molar-refractivity contribution >= 4 is 44.3 Å². The molecule has 0 aromatic heterocycles. The van der Waals surface area contributed by atoms with Crippen molar-refractivity contribution in [2.24, 2.45) is 21.7 Å². The SMILES string of the molecule is CC(C)(C)C1=CC(=c2c(=C3C=C(C(C)(C)C)C(=O)C(C(C)(C)C)=C3)c3ccccc3c3ccccc23)C=C(C(C)(C)C)C1=O. The van der Waals surface area contributed by atoms with Gasteiger partial charge in [-0.05, 0) is 89.1 Å². The molecule has 0 spiro atoms. The van der Waals surface area contributed by atoms with Crippen LogP contribution in [0.2, 0.25) is 0 Å². The van der Waals surface area contributed by atoms with E-state index in [1.165, 1.54) is 10.8 Å². The Morgan fingerprint density at radius 3 is 0.818 bits per heavy atom. The van der Waals surface area contributed by atoms with Gasteiger partial charge in [0.15, 0.2) is 11.6 Å². The minimum Gasteiger partial charge on any atom is -0.289 e. The second-order valence-corrected chi connectivity index (χ2v) is 16.6. The minimum absolute atomic E-state index is 0.126. The first-order chi connectivity index (χ1) is 20.2. The van der Waals surface area contributed by atoms with Crippen molar-refractivity contribution < 1.29 is 9.59 Å². The van der Waals surface area contributed by atoms with Gasteiger partial charge in [0.1, 0.15) is 0 Å². The Bertz CT molecular complexity index is 1770. The predicted octanol–water partition coefficient (Wildman–Crippen LogP) is 9.35. The number of carbonyl (C=O) groups excluding carboxylic acids is 2. The van der Waals surface area contributed by atoms with E-state index in [9.17, 15) is 9.59 Å². The first-order valence-corrected chi connectivity index (χ1v) is 15.9. The molecule has 0 fully saturated rings. The van der Waals surface area contributed by atoms with Crippen LogP contribution in [-0.4, -0.2) is 11.6 Å². The number of Topliss-reactive ketones (excluding diaryl/α,β-unsaturated/α-hetero) is 2. The number of fused-ring (bicyclic) bond motifs is 3. The summed E-state index contributed by atoms with van der Waals surface area (Å²) in [5.41, 5.74) is 4.05. The van der Waals surface area contributed by atoms with Crippen molar-refractivity contribution in [3.63, 3.8) is 0 Å². The Labute approximate surface area is 263 Å². The van der Waals surface area contributed by atoms with Crippen LogP contribution in [0.15, 0.2) is 95.1 Å². The van der Waals surface area contributed by atoms with Crippen LogP contribution in [0.3, 0.4) is 0 Å². The molecule has 3 aromatic rings. The van der Waals surface area contributed by atoms with Crippen LogP contribution in [-0.2, 0) is 9.59 Å². The number of hydrogen-bond donors (Lipinski definition) is 0. The zero-order valence-electron chi connectivity index (χ0n) is 28.7. The normalized spacial score (nSPS) is 17.2. The van der Waals surface area contributed by atoms with Gasteiger partial charge in [-0.3, -0.25) is 9.59 Å². The van der Waals surface area contributed by atoms with Crippen molar-refractivity contribution in [1.82, 2.24) is 0 Å². The van der Waals surface area contributed by atoms with E-state index in [1.807, 2.05) is 0 Å². The smallest absolute Gasteiger partial charge is 0.186 e. The number of allylic oxidation sites excluding steroid dienone is 8. The molecule has 0 amide bonds. The van der Waals surface area contributed by atoms with E-state index < -0.39 is 0 Å². The molecule has 5 rings (SSSR count). The highest BCUT2D eigenvalue weighted by Crippen LogP contribution is 2.41. The van der Waals surface area contributed by atoms with E-state index in [0.29, 0.717) is 0 Å². The molecule has 3 aromatic carbocycles. The molecule has 0 saturated heterocycles. The molecule has 0 radical (unpaired) electrons. The van der Waals surface area contributed by atoms with E-state index in [2.05, 4.69) is 156 Å². The summed E-state index contributed by atoms with van der Waals surface area (Å²) in [4.78, 5) is 28.0. The third kappa shape index (κ3) is 5.49. The Morgan fingerprint density at radius 2 is 0.591 bits per heavy atom. The third-order valence-corrected chi connectivity index (χ3v) is 8.92. The van der Waals surface area contributed by atoms with E-state index in [0.717, 1.165) is 54.6 Å². The van der Waals surface area contributed by atoms with E-state index in [1.54, 1.807) is 0 Å². The zero-order valence-corrected chi connectivity index (χ0v) is 28.7. The molecule has 0 unspecified atom stereocenters. The fraction of sp³-hybridized carbons (Fsp3) is 0.381. The average molecular weight is 585 g/mol. The van der Waals surface area contributed by atoms with Gasteiger partial charge in [0, 0.05) is 22.3 Å². The van der Waals surface area contributed by atoms with E-state index >= 15 is 0 Å². The molecule has 0 atom stereocenters. The summed E-state index contributed by atoms with van der Waals surface area (Å²) in [6, 6.07) is 17.2. The maximum atomic E-state index is 14.0. The maximum absolute atomic E-state index is 14.0. The van der Waals surface area contributed by atoms with Gasteiger partial charge in [-0.1, -0.05) is 132 Å². The maximum Gasteiger partial charge on any atom is 0.186 e. The Balaban J connectivity index is 2.20. The Morgan fingerprint density at radius 1 is 0.364 bits per heavy atom. The zero-order chi connectivity index (χ0) is 32.6. The van der Waals surface area contributed by atoms with Crippen LogP contribution < -0.4 is 10.4 Å². The van der Waals surface area contributed by atoms with E-state index in [-0.39, 0.29) is 33.2 Å². The standard InChI is InChI=1S/C42H48O2/c1-39(2,3)31-21-25(22-32(37(31)43)40(4,5)6)35-29-19-15-13-17-27(29)28-18-14-16-20-30(28)36(35)26-23-33(41(7,8)9)38(44)34(24-26)42(10,11)12/h13-24H,1-12H3. The summed E-state index contributed by atoms with van der Waals surface area (Å²) in [5, 5.41) is 6.84. The number of carbonyl (C=O) groups is 2. The van der Waals surface area contributed by atoms with Gasteiger partial charge >= 0.3 is 0 Å². The molecule has 2 aliphatic carbocycles. The molecular weight excluding hydrogens is 536 g/mol. The number of rotatable bonds is 0. The van der Waals surface area contributed by atoms with Gasteiger partial charge in [-0.25, -0.2) is 0 Å². The number of hydrogen-bond acceptors (Lipinski definition) is 2. The molecule has 0 N–H and O–H groups in total. The van der Waals surface area contributed by atoms with E-state index in [4.69, 9.17) is 0 Å². The van der Waals surface area contributed by atoms with Crippen LogP contribution in [0.5, 0.6) is 0 Å². The average Bonchev–Trinajstić information content (AvgIpc) is 2.90. The second kappa shape index (κ2) is 10.4. The largest absolute Gasteiger partial charge is 0.289 e. The Hall–Kier alpha value is -3.78. The van der Waals surface area contributed by atoms with Gasteiger partial charge in [0.2, 0.25) is 0 Å². The molecule has 0 heterocycles. The van der Waals surface area contributed by atoms with Crippen LogP contribution in [0, 0.1) is 21.7 Å². The first-order valence-electron chi connectivity index (χ1n) is 15.9. The van der Waals surface area contributed by atoms with Gasteiger partial charge in [-0.15, -0.1) is 0 Å². The first kappa shape index (κ1) is 31.6. The molecule has 2 heteroatoms. The second-order valence-electron chi connectivity index (χ2n) is 16.6. The number of ketones is 2. The van der Waals surface area contributed by atoms with Crippen molar-refractivity contribution in [3.8, 4) is 0 Å². The van der Waals surface area contributed by atoms with Crippen LogP contribution in [0.1, 0.15) is 83.1 Å². The molecule has 0 saturated carbocycles. The Kier molecular flexibility index (Phi) is 7.48. The van der Waals surface area contributed by atoms with Crippen LogP contribution >= 0.6 is 0 Å². The predicted molar refractivity (Wildman–Crippen MR) is 188 cm³/mol. The van der Waals surface area contributed by atoms with Crippen molar-refractivity contribution in [1.29, 1.82) is 0 Å². The molecular formula is C42H48O2. The fourth-order valence-corrected chi connectivity index (χ4v) is 6.52. The van der Waals surface area contributed by atoms with Gasteiger partial charge in [0.05, 0.1) is 0 Å². The lowest BCUT2D eigenvalue weighted by molar-refractivity contribution is -0.114. The lowest BCUT2D eigenvalue weighted by Gasteiger charge is -2.32. The molecule has 2 nitrogen and oxygen atoms in total. The molecule has 0 bridgehead atoms. The summed E-state index contributed by atoms with van der Waals surface area (Å²) >= 11 is 0. The minimum atomic E-state index is -0.330. The van der Waals surface area contributed by atoms with Gasteiger partial charge < -0.3 is 0 Å². The lowest BCUT2D eigenvalue weighted by Crippen LogP contribution is -2.35. The number of benzene rings is 3. The van der Waals surface area contributed by atoms with Crippen molar-refractivity contribution in [3.05, 3.63) is 106 Å². The van der Waals surface area contributed by atoms with Crippen molar-refractivity contribution in [2.45, 2.75) is 83.1 Å². The third-order valence-electron chi connectivity index (χ3n) is 8.92.